The van der Waals surface area contributed by atoms with Gasteiger partial charge in [0.1, 0.15) is 5.60 Å². The second-order valence-electron chi connectivity index (χ2n) is 8.21. The summed E-state index contributed by atoms with van der Waals surface area (Å²) in [6.07, 6.45) is 0.336. The highest BCUT2D eigenvalue weighted by atomic mass is 16.6. The smallest absolute Gasteiger partial charge is 0.410 e. The number of amides is 1. The van der Waals surface area contributed by atoms with Crippen molar-refractivity contribution in [2.45, 2.75) is 45.9 Å². The number of aromatic carboxylic acids is 1. The molecule has 2 aromatic carbocycles. The Kier molecular flexibility index (Phi) is 5.94. The summed E-state index contributed by atoms with van der Waals surface area (Å²) in [5.74, 6) is -0.973. The number of nitrogens with zero attached hydrogens (tertiary/aromatic N) is 1. The van der Waals surface area contributed by atoms with Gasteiger partial charge in [-0.25, -0.2) is 9.59 Å². The summed E-state index contributed by atoms with van der Waals surface area (Å²) in [5, 5.41) is 9.65. The van der Waals surface area contributed by atoms with E-state index in [1.807, 2.05) is 39.0 Å². The van der Waals surface area contributed by atoms with Gasteiger partial charge >= 0.3 is 12.1 Å². The number of carboxylic acid groups (broad SMARTS) is 1. The Labute approximate surface area is 171 Å². The highest BCUT2D eigenvalue weighted by Crippen LogP contribution is 2.36. The van der Waals surface area contributed by atoms with E-state index in [1.54, 1.807) is 24.1 Å². The van der Waals surface area contributed by atoms with Crippen LogP contribution in [0.2, 0.25) is 0 Å². The highest BCUT2D eigenvalue weighted by Gasteiger charge is 2.30. The zero-order valence-corrected chi connectivity index (χ0v) is 17.3. The molecule has 0 fully saturated rings. The molecule has 6 heteroatoms. The Morgan fingerprint density at radius 1 is 1.10 bits per heavy atom. The standard InChI is InChI=1S/C23H27NO5/c1-23(2,3)29-22(27)24-13-16-11-15(9-10-28-4)12-19(20(16)14-24)17-7-5-6-8-18(17)21(25)26/h5-8,11-12H,9-10,13-14H2,1-4H3,(H,25,26). The summed E-state index contributed by atoms with van der Waals surface area (Å²) in [4.78, 5) is 26.0. The van der Waals surface area contributed by atoms with Gasteiger partial charge in [-0.1, -0.05) is 30.3 Å². The molecule has 1 aliphatic heterocycles. The number of benzene rings is 2. The molecule has 0 saturated heterocycles. The number of carbonyl (C=O) groups excluding carboxylic acids is 1. The average molecular weight is 397 g/mol. The maximum absolute atomic E-state index is 12.6. The first-order chi connectivity index (χ1) is 13.7. The minimum Gasteiger partial charge on any atom is -0.478 e. The second-order valence-corrected chi connectivity index (χ2v) is 8.21. The zero-order chi connectivity index (χ0) is 21.2. The van der Waals surface area contributed by atoms with E-state index in [1.165, 1.54) is 0 Å². The number of rotatable bonds is 5. The Bertz CT molecular complexity index is 929. The van der Waals surface area contributed by atoms with Crippen molar-refractivity contribution < 1.29 is 24.2 Å². The van der Waals surface area contributed by atoms with E-state index in [0.29, 0.717) is 31.7 Å². The largest absolute Gasteiger partial charge is 0.478 e. The summed E-state index contributed by atoms with van der Waals surface area (Å²) in [5.41, 5.74) is 4.19. The first-order valence-corrected chi connectivity index (χ1v) is 9.64. The van der Waals surface area contributed by atoms with Gasteiger partial charge in [0, 0.05) is 13.7 Å². The molecule has 1 aliphatic rings. The van der Waals surface area contributed by atoms with Gasteiger partial charge in [-0.15, -0.1) is 0 Å². The molecule has 6 nitrogen and oxygen atoms in total. The molecular weight excluding hydrogens is 370 g/mol. The van der Waals surface area contributed by atoms with E-state index < -0.39 is 11.6 Å². The van der Waals surface area contributed by atoms with Crippen molar-refractivity contribution in [1.29, 1.82) is 0 Å². The molecule has 1 amide bonds. The molecule has 1 heterocycles. The molecule has 29 heavy (non-hydrogen) atoms. The molecule has 1 N–H and O–H groups in total. The maximum Gasteiger partial charge on any atom is 0.410 e. The maximum atomic E-state index is 12.6. The number of hydrogen-bond acceptors (Lipinski definition) is 4. The number of ether oxygens (including phenoxy) is 2. The normalized spacial score (nSPS) is 13.3. The summed E-state index contributed by atoms with van der Waals surface area (Å²) in [7, 11) is 1.65. The molecule has 0 atom stereocenters. The van der Waals surface area contributed by atoms with E-state index in [9.17, 15) is 14.7 Å². The molecule has 0 bridgehead atoms. The van der Waals surface area contributed by atoms with Crippen LogP contribution >= 0.6 is 0 Å². The van der Waals surface area contributed by atoms with Gasteiger partial charge in [0.2, 0.25) is 0 Å². The lowest BCUT2D eigenvalue weighted by molar-refractivity contribution is 0.0241. The number of carboxylic acids is 1. The monoisotopic (exact) mass is 397 g/mol. The van der Waals surface area contributed by atoms with Crippen LogP contribution in [0, 0.1) is 0 Å². The van der Waals surface area contributed by atoms with E-state index in [2.05, 4.69) is 6.07 Å². The summed E-state index contributed by atoms with van der Waals surface area (Å²) in [6, 6.07) is 11.1. The second kappa shape index (κ2) is 8.25. The van der Waals surface area contributed by atoms with Gasteiger partial charge in [0.05, 0.1) is 18.7 Å². The van der Waals surface area contributed by atoms with Crippen LogP contribution in [-0.4, -0.2) is 41.4 Å². The third-order valence-electron chi connectivity index (χ3n) is 4.81. The van der Waals surface area contributed by atoms with Gasteiger partial charge < -0.3 is 14.6 Å². The van der Waals surface area contributed by atoms with Crippen LogP contribution < -0.4 is 0 Å². The molecule has 0 radical (unpaired) electrons. The molecule has 154 valence electrons. The van der Waals surface area contributed by atoms with Crippen LogP contribution in [-0.2, 0) is 29.0 Å². The Hall–Kier alpha value is -2.86. The van der Waals surface area contributed by atoms with E-state index in [0.717, 1.165) is 22.3 Å². The van der Waals surface area contributed by atoms with Crippen LogP contribution in [0.25, 0.3) is 11.1 Å². The predicted octanol–water partition coefficient (Wildman–Crippen LogP) is 4.49. The number of hydrogen-bond donors (Lipinski definition) is 1. The van der Waals surface area contributed by atoms with Crippen molar-refractivity contribution in [1.82, 2.24) is 4.90 Å². The predicted molar refractivity (Wildman–Crippen MR) is 110 cm³/mol. The molecule has 2 aromatic rings. The molecule has 0 saturated carbocycles. The third-order valence-corrected chi connectivity index (χ3v) is 4.81. The first kappa shape index (κ1) is 20.9. The van der Waals surface area contributed by atoms with Crippen molar-refractivity contribution in [2.24, 2.45) is 0 Å². The first-order valence-electron chi connectivity index (χ1n) is 9.64. The van der Waals surface area contributed by atoms with Crippen molar-refractivity contribution in [3.05, 3.63) is 58.7 Å². The third kappa shape index (κ3) is 4.77. The van der Waals surface area contributed by atoms with Crippen LogP contribution in [0.3, 0.4) is 0 Å². The Morgan fingerprint density at radius 3 is 2.48 bits per heavy atom. The van der Waals surface area contributed by atoms with Gasteiger partial charge in [0.25, 0.3) is 0 Å². The molecule has 0 aromatic heterocycles. The lowest BCUT2D eigenvalue weighted by atomic mass is 9.91. The summed E-state index contributed by atoms with van der Waals surface area (Å²) >= 11 is 0. The molecular formula is C23H27NO5. The van der Waals surface area contributed by atoms with Gasteiger partial charge in [0.15, 0.2) is 0 Å². The van der Waals surface area contributed by atoms with Crippen LogP contribution in [0.1, 0.15) is 47.8 Å². The van der Waals surface area contributed by atoms with E-state index in [4.69, 9.17) is 9.47 Å². The molecule has 0 spiro atoms. The number of fused-ring (bicyclic) bond motifs is 1. The van der Waals surface area contributed by atoms with Crippen LogP contribution in [0.15, 0.2) is 36.4 Å². The molecule has 0 unspecified atom stereocenters. The molecule has 3 rings (SSSR count). The van der Waals surface area contributed by atoms with E-state index >= 15 is 0 Å². The SMILES string of the molecule is COCCc1cc2c(c(-c3ccccc3C(=O)O)c1)CN(C(=O)OC(C)(C)C)C2. The van der Waals surface area contributed by atoms with Crippen molar-refractivity contribution in [3.8, 4) is 11.1 Å². The fourth-order valence-corrected chi connectivity index (χ4v) is 3.54. The summed E-state index contributed by atoms with van der Waals surface area (Å²) in [6.45, 7) is 6.91. The fourth-order valence-electron chi connectivity index (χ4n) is 3.54. The lowest BCUT2D eigenvalue weighted by Gasteiger charge is -2.24. The Balaban J connectivity index is 2.04. The average Bonchev–Trinajstić information content (AvgIpc) is 3.08. The topological polar surface area (TPSA) is 76.1 Å². The van der Waals surface area contributed by atoms with E-state index in [-0.39, 0.29) is 11.7 Å². The summed E-state index contributed by atoms with van der Waals surface area (Å²) < 4.78 is 10.7. The lowest BCUT2D eigenvalue weighted by Crippen LogP contribution is -2.33. The van der Waals surface area contributed by atoms with Gasteiger partial charge in [-0.05, 0) is 61.1 Å². The van der Waals surface area contributed by atoms with Gasteiger partial charge in [-0.3, -0.25) is 4.90 Å². The van der Waals surface area contributed by atoms with Crippen molar-refractivity contribution in [2.75, 3.05) is 13.7 Å². The zero-order valence-electron chi connectivity index (χ0n) is 17.3. The van der Waals surface area contributed by atoms with Crippen LogP contribution in [0.4, 0.5) is 4.79 Å². The van der Waals surface area contributed by atoms with Gasteiger partial charge in [-0.2, -0.15) is 0 Å². The Morgan fingerprint density at radius 2 is 1.83 bits per heavy atom. The quantitative estimate of drug-likeness (QED) is 0.804. The fraction of sp³-hybridized carbons (Fsp3) is 0.391. The van der Waals surface area contributed by atoms with Crippen molar-refractivity contribution >= 4 is 12.1 Å². The number of carbonyl (C=O) groups is 2. The minimum atomic E-state index is -0.973. The minimum absolute atomic E-state index is 0.245. The molecule has 0 aliphatic carbocycles. The van der Waals surface area contributed by atoms with Crippen molar-refractivity contribution in [3.63, 3.8) is 0 Å². The van der Waals surface area contributed by atoms with Crippen LogP contribution in [0.5, 0.6) is 0 Å². The number of methoxy groups -OCH3 is 1. The highest BCUT2D eigenvalue weighted by molar-refractivity contribution is 5.96.